The lowest BCUT2D eigenvalue weighted by Gasteiger charge is -2.11. The van der Waals surface area contributed by atoms with Gasteiger partial charge < -0.3 is 4.42 Å². The fourth-order valence-corrected chi connectivity index (χ4v) is 4.10. The smallest absolute Gasteiger partial charge is 0.344 e. The van der Waals surface area contributed by atoms with Crippen molar-refractivity contribution in [3.05, 3.63) is 94.8 Å². The molecule has 0 amide bonds. The summed E-state index contributed by atoms with van der Waals surface area (Å²) in [7, 11) is -3.72. The van der Waals surface area contributed by atoms with E-state index in [1.165, 1.54) is 12.1 Å². The molecule has 0 aliphatic carbocycles. The van der Waals surface area contributed by atoms with Gasteiger partial charge >= 0.3 is 5.63 Å². The molecule has 0 atom stereocenters. The third kappa shape index (κ3) is 3.42. The SMILES string of the molecule is Cc1ccccc1NS(=O)(=O)c1ccc(-c2cc3ccccc3c(=O)o2)cc1. The van der Waals surface area contributed by atoms with Gasteiger partial charge in [0, 0.05) is 5.56 Å². The summed E-state index contributed by atoms with van der Waals surface area (Å²) in [6.07, 6.45) is 0. The first-order chi connectivity index (χ1) is 13.4. The predicted octanol–water partition coefficient (Wildman–Crippen LogP) is 4.57. The van der Waals surface area contributed by atoms with E-state index in [4.69, 9.17) is 4.42 Å². The topological polar surface area (TPSA) is 76.4 Å². The number of hydrogen-bond acceptors (Lipinski definition) is 4. The van der Waals surface area contributed by atoms with E-state index in [9.17, 15) is 13.2 Å². The molecule has 1 aromatic heterocycles. The fourth-order valence-electron chi connectivity index (χ4n) is 2.97. The van der Waals surface area contributed by atoms with Crippen molar-refractivity contribution in [2.75, 3.05) is 4.72 Å². The van der Waals surface area contributed by atoms with Gasteiger partial charge in [0.05, 0.1) is 16.0 Å². The first-order valence-corrected chi connectivity index (χ1v) is 10.1. The second-order valence-corrected chi connectivity index (χ2v) is 8.11. The van der Waals surface area contributed by atoms with E-state index < -0.39 is 15.6 Å². The van der Waals surface area contributed by atoms with Crippen molar-refractivity contribution >= 4 is 26.5 Å². The minimum Gasteiger partial charge on any atom is -0.422 e. The van der Waals surface area contributed by atoms with Crippen LogP contribution in [0.25, 0.3) is 22.1 Å². The quantitative estimate of drug-likeness (QED) is 0.553. The van der Waals surface area contributed by atoms with Gasteiger partial charge in [0.1, 0.15) is 5.76 Å². The lowest BCUT2D eigenvalue weighted by atomic mass is 10.1. The highest BCUT2D eigenvalue weighted by molar-refractivity contribution is 7.92. The first-order valence-electron chi connectivity index (χ1n) is 8.66. The Morgan fingerprint density at radius 2 is 1.54 bits per heavy atom. The van der Waals surface area contributed by atoms with Crippen LogP contribution >= 0.6 is 0 Å². The lowest BCUT2D eigenvalue weighted by molar-refractivity contribution is 0.534. The molecule has 0 saturated carbocycles. The molecule has 140 valence electrons. The van der Waals surface area contributed by atoms with Gasteiger partial charge in [-0.3, -0.25) is 4.72 Å². The summed E-state index contributed by atoms with van der Waals surface area (Å²) in [5.74, 6) is 0.388. The minimum absolute atomic E-state index is 0.127. The number of fused-ring (bicyclic) bond motifs is 1. The summed E-state index contributed by atoms with van der Waals surface area (Å²) in [5.41, 5.74) is 1.57. The molecule has 0 aliphatic rings. The van der Waals surface area contributed by atoms with Gasteiger partial charge in [-0.05, 0) is 60.3 Å². The van der Waals surface area contributed by atoms with Gasteiger partial charge in [-0.15, -0.1) is 0 Å². The maximum Gasteiger partial charge on any atom is 0.344 e. The normalized spacial score (nSPS) is 11.5. The molecular formula is C22H17NO4S. The maximum absolute atomic E-state index is 12.6. The van der Waals surface area contributed by atoms with E-state index in [-0.39, 0.29) is 4.90 Å². The Kier molecular flexibility index (Phi) is 4.49. The Labute approximate surface area is 162 Å². The molecule has 1 heterocycles. The van der Waals surface area contributed by atoms with Crippen LogP contribution in [-0.4, -0.2) is 8.42 Å². The summed E-state index contributed by atoms with van der Waals surface area (Å²) in [6, 6.07) is 22.3. The molecule has 3 aromatic carbocycles. The highest BCUT2D eigenvalue weighted by Crippen LogP contribution is 2.25. The molecular weight excluding hydrogens is 374 g/mol. The van der Waals surface area contributed by atoms with Crippen LogP contribution in [0.5, 0.6) is 0 Å². The average molecular weight is 391 g/mol. The Bertz CT molecular complexity index is 1320. The van der Waals surface area contributed by atoms with Crippen molar-refractivity contribution in [2.24, 2.45) is 0 Å². The zero-order valence-corrected chi connectivity index (χ0v) is 15.9. The Balaban J connectivity index is 1.67. The highest BCUT2D eigenvalue weighted by atomic mass is 32.2. The van der Waals surface area contributed by atoms with Crippen LogP contribution in [0.3, 0.4) is 0 Å². The third-order valence-corrected chi connectivity index (χ3v) is 5.89. The van der Waals surface area contributed by atoms with Gasteiger partial charge in [-0.2, -0.15) is 0 Å². The number of benzene rings is 3. The van der Waals surface area contributed by atoms with Crippen LogP contribution in [0.1, 0.15) is 5.56 Å². The molecule has 1 N–H and O–H groups in total. The molecule has 4 aromatic rings. The number of rotatable bonds is 4. The molecule has 0 radical (unpaired) electrons. The summed E-state index contributed by atoms with van der Waals surface area (Å²) >= 11 is 0. The van der Waals surface area contributed by atoms with Crippen LogP contribution in [0, 0.1) is 6.92 Å². The zero-order chi connectivity index (χ0) is 19.7. The van der Waals surface area contributed by atoms with Crippen LogP contribution < -0.4 is 10.3 Å². The van der Waals surface area contributed by atoms with Gasteiger partial charge in [-0.25, -0.2) is 13.2 Å². The molecule has 4 rings (SSSR count). The van der Waals surface area contributed by atoms with E-state index in [1.54, 1.807) is 42.5 Å². The Morgan fingerprint density at radius 3 is 2.29 bits per heavy atom. The average Bonchev–Trinajstić information content (AvgIpc) is 2.70. The molecule has 0 fully saturated rings. The van der Waals surface area contributed by atoms with Crippen LogP contribution in [0.15, 0.2) is 93.0 Å². The molecule has 0 unspecified atom stereocenters. The van der Waals surface area contributed by atoms with E-state index in [1.807, 2.05) is 31.2 Å². The van der Waals surface area contributed by atoms with Gasteiger partial charge in [0.15, 0.2) is 0 Å². The Morgan fingerprint density at radius 1 is 0.857 bits per heavy atom. The van der Waals surface area contributed by atoms with E-state index in [0.29, 0.717) is 22.4 Å². The van der Waals surface area contributed by atoms with Crippen molar-refractivity contribution in [2.45, 2.75) is 11.8 Å². The maximum atomic E-state index is 12.6. The number of para-hydroxylation sites is 1. The molecule has 28 heavy (non-hydrogen) atoms. The molecule has 0 saturated heterocycles. The molecule has 6 heteroatoms. The fraction of sp³-hybridized carbons (Fsp3) is 0.0455. The lowest BCUT2D eigenvalue weighted by Crippen LogP contribution is -2.13. The monoisotopic (exact) mass is 391 g/mol. The summed E-state index contributed by atoms with van der Waals surface area (Å²) in [4.78, 5) is 12.3. The Hall–Kier alpha value is -3.38. The van der Waals surface area contributed by atoms with Crippen molar-refractivity contribution in [3.8, 4) is 11.3 Å². The summed E-state index contributed by atoms with van der Waals surface area (Å²) in [5, 5.41) is 1.28. The van der Waals surface area contributed by atoms with Crippen LogP contribution in [-0.2, 0) is 10.0 Å². The van der Waals surface area contributed by atoms with Gasteiger partial charge in [-0.1, -0.05) is 36.4 Å². The minimum atomic E-state index is -3.72. The zero-order valence-electron chi connectivity index (χ0n) is 15.0. The van der Waals surface area contributed by atoms with Crippen LogP contribution in [0.2, 0.25) is 0 Å². The second-order valence-electron chi connectivity index (χ2n) is 6.43. The predicted molar refractivity (Wildman–Crippen MR) is 110 cm³/mol. The third-order valence-electron chi connectivity index (χ3n) is 4.51. The van der Waals surface area contributed by atoms with E-state index >= 15 is 0 Å². The van der Waals surface area contributed by atoms with Gasteiger partial charge in [0.25, 0.3) is 10.0 Å². The standard InChI is InChI=1S/C22H17NO4S/c1-15-6-2-5-9-20(15)23-28(25,26)18-12-10-16(11-13-18)21-14-17-7-3-4-8-19(17)22(24)27-21/h2-14,23H,1H3. The van der Waals surface area contributed by atoms with Crippen molar-refractivity contribution in [3.63, 3.8) is 0 Å². The number of hydrogen-bond donors (Lipinski definition) is 1. The molecule has 5 nitrogen and oxygen atoms in total. The molecule has 0 spiro atoms. The highest BCUT2D eigenvalue weighted by Gasteiger charge is 2.16. The summed E-state index contributed by atoms with van der Waals surface area (Å²) < 4.78 is 33.3. The van der Waals surface area contributed by atoms with Crippen molar-refractivity contribution < 1.29 is 12.8 Å². The summed E-state index contributed by atoms with van der Waals surface area (Å²) in [6.45, 7) is 1.84. The van der Waals surface area contributed by atoms with Crippen molar-refractivity contribution in [1.82, 2.24) is 0 Å². The van der Waals surface area contributed by atoms with E-state index in [2.05, 4.69) is 4.72 Å². The molecule has 0 aliphatic heterocycles. The van der Waals surface area contributed by atoms with E-state index in [0.717, 1.165) is 10.9 Å². The second kappa shape index (κ2) is 6.98. The number of anilines is 1. The number of nitrogens with one attached hydrogen (secondary N) is 1. The first kappa shape index (κ1) is 18.0. The van der Waals surface area contributed by atoms with Crippen molar-refractivity contribution in [1.29, 1.82) is 0 Å². The van der Waals surface area contributed by atoms with Crippen LogP contribution in [0.4, 0.5) is 5.69 Å². The van der Waals surface area contributed by atoms with Gasteiger partial charge in [0.2, 0.25) is 0 Å². The number of aryl methyl sites for hydroxylation is 1. The number of sulfonamides is 1. The largest absolute Gasteiger partial charge is 0.422 e. The molecule has 0 bridgehead atoms.